The summed E-state index contributed by atoms with van der Waals surface area (Å²) >= 11 is 0. The molecule has 0 aromatic carbocycles. The zero-order valence-corrected chi connectivity index (χ0v) is 10.1. The molecule has 5 nitrogen and oxygen atoms in total. The van der Waals surface area contributed by atoms with Crippen LogP contribution in [-0.2, 0) is 4.79 Å². The molecule has 0 atom stereocenters. The van der Waals surface area contributed by atoms with Crippen LogP contribution in [-0.4, -0.2) is 47.9 Å². The van der Waals surface area contributed by atoms with Crippen molar-refractivity contribution < 1.29 is 10.0 Å². The molecule has 1 fully saturated rings. The Hall–Kier alpha value is -1.10. The van der Waals surface area contributed by atoms with Crippen LogP contribution >= 0.6 is 0 Å². The molecule has 0 aromatic heterocycles. The van der Waals surface area contributed by atoms with Crippen molar-refractivity contribution in [2.24, 2.45) is 11.1 Å². The van der Waals surface area contributed by atoms with Gasteiger partial charge in [0.15, 0.2) is 0 Å². The van der Waals surface area contributed by atoms with Crippen molar-refractivity contribution in [3.05, 3.63) is 0 Å². The highest BCUT2D eigenvalue weighted by Crippen LogP contribution is 2.06. The summed E-state index contributed by atoms with van der Waals surface area (Å²) in [6.45, 7) is 6.93. The number of amides is 1. The second-order valence-electron chi connectivity index (χ2n) is 4.64. The van der Waals surface area contributed by atoms with Crippen LogP contribution < -0.4 is 5.32 Å². The average Bonchev–Trinajstić information content (AvgIpc) is 2.27. The molecule has 0 aliphatic carbocycles. The SMILES string of the molecule is CC(C)CNC(=O)CN1CCC(=NO)CC1. The van der Waals surface area contributed by atoms with E-state index in [4.69, 9.17) is 5.21 Å². The van der Waals surface area contributed by atoms with E-state index in [1.54, 1.807) is 0 Å². The number of likely N-dealkylation sites (tertiary alicyclic amines) is 1. The number of oxime groups is 1. The number of nitrogens with one attached hydrogen (secondary N) is 1. The van der Waals surface area contributed by atoms with Gasteiger partial charge >= 0.3 is 0 Å². The van der Waals surface area contributed by atoms with Crippen molar-refractivity contribution in [3.63, 3.8) is 0 Å². The van der Waals surface area contributed by atoms with E-state index in [0.29, 0.717) is 12.5 Å². The van der Waals surface area contributed by atoms with E-state index in [1.807, 2.05) is 0 Å². The molecule has 1 rings (SSSR count). The van der Waals surface area contributed by atoms with E-state index >= 15 is 0 Å². The number of carbonyl (C=O) groups excluding carboxylic acids is 1. The van der Waals surface area contributed by atoms with Crippen LogP contribution in [0.4, 0.5) is 0 Å². The Labute approximate surface area is 96.5 Å². The van der Waals surface area contributed by atoms with Gasteiger partial charge in [0.1, 0.15) is 0 Å². The molecular weight excluding hydrogens is 206 g/mol. The van der Waals surface area contributed by atoms with Crippen LogP contribution in [0.5, 0.6) is 0 Å². The molecule has 2 N–H and O–H groups in total. The van der Waals surface area contributed by atoms with Gasteiger partial charge in [0.25, 0.3) is 0 Å². The Morgan fingerprint density at radius 1 is 1.50 bits per heavy atom. The van der Waals surface area contributed by atoms with Crippen LogP contribution in [0.15, 0.2) is 5.16 Å². The Kier molecular flexibility index (Phi) is 5.25. The van der Waals surface area contributed by atoms with Crippen LogP contribution in [0, 0.1) is 5.92 Å². The monoisotopic (exact) mass is 227 g/mol. The summed E-state index contributed by atoms with van der Waals surface area (Å²) in [5, 5.41) is 14.7. The molecule has 0 aromatic rings. The fourth-order valence-electron chi connectivity index (χ4n) is 1.65. The minimum absolute atomic E-state index is 0.0816. The third-order valence-corrected chi connectivity index (χ3v) is 2.65. The Balaban J connectivity index is 2.20. The second kappa shape index (κ2) is 6.48. The van der Waals surface area contributed by atoms with Gasteiger partial charge in [-0.3, -0.25) is 9.69 Å². The van der Waals surface area contributed by atoms with Crippen molar-refractivity contribution in [3.8, 4) is 0 Å². The average molecular weight is 227 g/mol. The molecule has 0 unspecified atom stereocenters. The predicted octanol–water partition coefficient (Wildman–Crippen LogP) is 0.685. The Bertz CT molecular complexity index is 254. The van der Waals surface area contributed by atoms with Crippen molar-refractivity contribution in [2.45, 2.75) is 26.7 Å². The van der Waals surface area contributed by atoms with Gasteiger partial charge < -0.3 is 10.5 Å². The molecule has 0 spiro atoms. The van der Waals surface area contributed by atoms with Crippen LogP contribution in [0.3, 0.4) is 0 Å². The standard InChI is InChI=1S/C11H21N3O2/c1-9(2)7-12-11(15)8-14-5-3-10(13-16)4-6-14/h9,16H,3-8H2,1-2H3,(H,12,15). The maximum absolute atomic E-state index is 11.5. The third kappa shape index (κ3) is 4.61. The highest BCUT2D eigenvalue weighted by Gasteiger charge is 2.17. The molecule has 5 heteroatoms. The molecule has 1 aliphatic heterocycles. The molecule has 16 heavy (non-hydrogen) atoms. The summed E-state index contributed by atoms with van der Waals surface area (Å²) in [4.78, 5) is 13.6. The summed E-state index contributed by atoms with van der Waals surface area (Å²) < 4.78 is 0. The minimum atomic E-state index is 0.0816. The van der Waals surface area contributed by atoms with Gasteiger partial charge in [-0.15, -0.1) is 0 Å². The fourth-order valence-corrected chi connectivity index (χ4v) is 1.65. The summed E-state index contributed by atoms with van der Waals surface area (Å²) in [5.74, 6) is 0.566. The van der Waals surface area contributed by atoms with Crippen molar-refractivity contribution in [1.82, 2.24) is 10.2 Å². The summed E-state index contributed by atoms with van der Waals surface area (Å²) in [7, 11) is 0. The highest BCUT2D eigenvalue weighted by atomic mass is 16.4. The Morgan fingerprint density at radius 2 is 2.12 bits per heavy atom. The van der Waals surface area contributed by atoms with Gasteiger partial charge in [0.05, 0.1) is 12.3 Å². The lowest BCUT2D eigenvalue weighted by atomic mass is 10.1. The van der Waals surface area contributed by atoms with Crippen molar-refractivity contribution in [2.75, 3.05) is 26.2 Å². The maximum atomic E-state index is 11.5. The molecule has 1 amide bonds. The number of hydrogen-bond acceptors (Lipinski definition) is 4. The van der Waals surface area contributed by atoms with E-state index in [2.05, 4.69) is 29.2 Å². The lowest BCUT2D eigenvalue weighted by Crippen LogP contribution is -2.42. The van der Waals surface area contributed by atoms with Gasteiger partial charge in [-0.2, -0.15) is 0 Å². The molecule has 1 heterocycles. The van der Waals surface area contributed by atoms with E-state index < -0.39 is 0 Å². The number of hydrogen-bond donors (Lipinski definition) is 2. The van der Waals surface area contributed by atoms with Crippen LogP contribution in [0.2, 0.25) is 0 Å². The Morgan fingerprint density at radius 3 is 2.62 bits per heavy atom. The molecule has 1 aliphatic rings. The first kappa shape index (κ1) is 13.0. The molecule has 0 radical (unpaired) electrons. The van der Waals surface area contributed by atoms with E-state index in [1.165, 1.54) is 0 Å². The molecule has 92 valence electrons. The summed E-state index contributed by atoms with van der Waals surface area (Å²) in [6, 6.07) is 0. The largest absolute Gasteiger partial charge is 0.411 e. The zero-order chi connectivity index (χ0) is 12.0. The zero-order valence-electron chi connectivity index (χ0n) is 10.1. The first-order chi connectivity index (χ1) is 7.61. The van der Waals surface area contributed by atoms with E-state index in [0.717, 1.165) is 38.2 Å². The number of carbonyl (C=O) groups is 1. The first-order valence-electron chi connectivity index (χ1n) is 5.80. The lowest BCUT2D eigenvalue weighted by molar-refractivity contribution is -0.122. The van der Waals surface area contributed by atoms with E-state index in [9.17, 15) is 4.79 Å². The summed E-state index contributed by atoms with van der Waals surface area (Å²) in [6.07, 6.45) is 1.52. The highest BCUT2D eigenvalue weighted by molar-refractivity contribution is 5.85. The van der Waals surface area contributed by atoms with Gasteiger partial charge in [0.2, 0.25) is 5.91 Å². The topological polar surface area (TPSA) is 64.9 Å². The molecule has 0 saturated carbocycles. The number of rotatable bonds is 4. The maximum Gasteiger partial charge on any atom is 0.234 e. The lowest BCUT2D eigenvalue weighted by Gasteiger charge is -2.26. The fraction of sp³-hybridized carbons (Fsp3) is 0.818. The minimum Gasteiger partial charge on any atom is -0.411 e. The summed E-state index contributed by atoms with van der Waals surface area (Å²) in [5.41, 5.74) is 0.832. The second-order valence-corrected chi connectivity index (χ2v) is 4.64. The van der Waals surface area contributed by atoms with Crippen molar-refractivity contribution >= 4 is 11.6 Å². The quantitative estimate of drug-likeness (QED) is 0.548. The predicted molar refractivity (Wildman–Crippen MR) is 62.7 cm³/mol. The first-order valence-corrected chi connectivity index (χ1v) is 5.80. The normalized spacial score (nSPS) is 17.6. The van der Waals surface area contributed by atoms with Crippen LogP contribution in [0.25, 0.3) is 0 Å². The molecular formula is C11H21N3O2. The molecule has 0 bridgehead atoms. The third-order valence-electron chi connectivity index (χ3n) is 2.65. The molecule has 1 saturated heterocycles. The van der Waals surface area contributed by atoms with E-state index in [-0.39, 0.29) is 5.91 Å². The smallest absolute Gasteiger partial charge is 0.234 e. The number of piperidine rings is 1. The van der Waals surface area contributed by atoms with Crippen LogP contribution in [0.1, 0.15) is 26.7 Å². The van der Waals surface area contributed by atoms with Gasteiger partial charge in [-0.1, -0.05) is 19.0 Å². The number of nitrogens with zero attached hydrogens (tertiary/aromatic N) is 2. The van der Waals surface area contributed by atoms with Gasteiger partial charge in [-0.25, -0.2) is 0 Å². The van der Waals surface area contributed by atoms with Crippen molar-refractivity contribution in [1.29, 1.82) is 0 Å². The van der Waals surface area contributed by atoms with Gasteiger partial charge in [0, 0.05) is 32.5 Å². The van der Waals surface area contributed by atoms with Gasteiger partial charge in [-0.05, 0) is 5.92 Å².